The number of carbonyl (C=O) groups is 1. The summed E-state index contributed by atoms with van der Waals surface area (Å²) in [4.78, 5) is 14.9. The van der Waals surface area contributed by atoms with Gasteiger partial charge in [-0.1, -0.05) is 19.1 Å². The van der Waals surface area contributed by atoms with Crippen LogP contribution >= 0.6 is 0 Å². The zero-order chi connectivity index (χ0) is 23.0. The van der Waals surface area contributed by atoms with Crippen LogP contribution in [0.25, 0.3) is 0 Å². The Hall–Kier alpha value is -2.74. The Balaban J connectivity index is 1.95. The zero-order valence-electron chi connectivity index (χ0n) is 19.0. The van der Waals surface area contributed by atoms with Gasteiger partial charge < -0.3 is 15.0 Å². The van der Waals surface area contributed by atoms with E-state index in [9.17, 15) is 13.2 Å². The predicted octanol–water partition coefficient (Wildman–Crippen LogP) is 3.40. The standard InChI is InChI=1S/C23H33N3O4S/c1-6-22(30-21-15-13-19(14-16-21)25(4)31(5,28)29)23(27)24-17-18-9-11-20(12-10-18)26(7-2)8-3/h9-16,22H,6-8,17H2,1-5H3,(H,24,27). The molecule has 0 aliphatic carbocycles. The number of nitrogens with zero attached hydrogens (tertiary/aromatic N) is 2. The molecule has 0 aromatic heterocycles. The highest BCUT2D eigenvalue weighted by Crippen LogP contribution is 2.21. The topological polar surface area (TPSA) is 78.9 Å². The van der Waals surface area contributed by atoms with Crippen molar-refractivity contribution in [2.45, 2.75) is 39.8 Å². The number of amides is 1. The summed E-state index contributed by atoms with van der Waals surface area (Å²) in [5, 5.41) is 2.93. The van der Waals surface area contributed by atoms with Crippen LogP contribution in [-0.2, 0) is 21.4 Å². The monoisotopic (exact) mass is 447 g/mol. The predicted molar refractivity (Wildman–Crippen MR) is 126 cm³/mol. The van der Waals surface area contributed by atoms with Gasteiger partial charge in [-0.25, -0.2) is 8.42 Å². The fraction of sp³-hybridized carbons (Fsp3) is 0.435. The molecule has 8 heteroatoms. The van der Waals surface area contributed by atoms with Crippen LogP contribution < -0.4 is 19.3 Å². The van der Waals surface area contributed by atoms with Crippen LogP contribution in [0.2, 0.25) is 0 Å². The fourth-order valence-corrected chi connectivity index (χ4v) is 3.63. The number of hydrogen-bond acceptors (Lipinski definition) is 5. The first-order valence-corrected chi connectivity index (χ1v) is 12.4. The number of sulfonamides is 1. The van der Waals surface area contributed by atoms with E-state index in [1.807, 2.05) is 19.1 Å². The highest BCUT2D eigenvalue weighted by molar-refractivity contribution is 7.92. The van der Waals surface area contributed by atoms with Crippen molar-refractivity contribution in [3.63, 3.8) is 0 Å². The van der Waals surface area contributed by atoms with E-state index in [1.165, 1.54) is 17.0 Å². The Morgan fingerprint density at radius 3 is 2.00 bits per heavy atom. The second kappa shape index (κ2) is 11.0. The number of benzene rings is 2. The summed E-state index contributed by atoms with van der Waals surface area (Å²) in [6, 6.07) is 14.8. The first kappa shape index (κ1) is 24.5. The second-order valence-electron chi connectivity index (χ2n) is 7.30. The third kappa shape index (κ3) is 6.89. The quantitative estimate of drug-likeness (QED) is 0.571. The molecular formula is C23H33N3O4S. The maximum Gasteiger partial charge on any atom is 0.261 e. The molecule has 170 valence electrons. The normalized spacial score (nSPS) is 12.2. The minimum atomic E-state index is -3.33. The van der Waals surface area contributed by atoms with Crippen LogP contribution in [0.5, 0.6) is 5.75 Å². The molecule has 2 aromatic rings. The highest BCUT2D eigenvalue weighted by atomic mass is 32.2. The van der Waals surface area contributed by atoms with E-state index in [1.54, 1.807) is 24.3 Å². The molecule has 31 heavy (non-hydrogen) atoms. The highest BCUT2D eigenvalue weighted by Gasteiger charge is 2.19. The average Bonchev–Trinajstić information content (AvgIpc) is 2.76. The molecule has 7 nitrogen and oxygen atoms in total. The van der Waals surface area contributed by atoms with E-state index in [-0.39, 0.29) is 5.91 Å². The summed E-state index contributed by atoms with van der Waals surface area (Å²) in [5.41, 5.74) is 2.72. The molecule has 2 rings (SSSR count). The molecule has 0 saturated carbocycles. The van der Waals surface area contributed by atoms with Crippen molar-refractivity contribution in [2.75, 3.05) is 35.6 Å². The Morgan fingerprint density at radius 1 is 0.968 bits per heavy atom. The van der Waals surface area contributed by atoms with Crippen LogP contribution in [0.1, 0.15) is 32.8 Å². The first-order valence-electron chi connectivity index (χ1n) is 10.5. The van der Waals surface area contributed by atoms with Crippen LogP contribution in [0.15, 0.2) is 48.5 Å². The molecule has 0 radical (unpaired) electrons. The smallest absolute Gasteiger partial charge is 0.261 e. The van der Waals surface area contributed by atoms with Crippen molar-refractivity contribution in [1.29, 1.82) is 0 Å². The molecule has 0 spiro atoms. The number of ether oxygens (including phenoxy) is 1. The van der Waals surface area contributed by atoms with Gasteiger partial charge in [0, 0.05) is 32.4 Å². The van der Waals surface area contributed by atoms with Gasteiger partial charge in [0.15, 0.2) is 6.10 Å². The fourth-order valence-electron chi connectivity index (χ4n) is 3.13. The molecular weight excluding hydrogens is 414 g/mol. The summed E-state index contributed by atoms with van der Waals surface area (Å²) < 4.78 is 30.3. The van der Waals surface area contributed by atoms with E-state index < -0.39 is 16.1 Å². The second-order valence-corrected chi connectivity index (χ2v) is 9.31. The van der Waals surface area contributed by atoms with Crippen molar-refractivity contribution in [3.8, 4) is 5.75 Å². The largest absolute Gasteiger partial charge is 0.481 e. The molecule has 0 aliphatic heterocycles. The van der Waals surface area contributed by atoms with E-state index in [2.05, 4.69) is 36.2 Å². The van der Waals surface area contributed by atoms with E-state index >= 15 is 0 Å². The Labute approximate surface area is 186 Å². The third-order valence-electron chi connectivity index (χ3n) is 5.17. The lowest BCUT2D eigenvalue weighted by Gasteiger charge is -2.21. The maximum atomic E-state index is 12.6. The summed E-state index contributed by atoms with van der Waals surface area (Å²) in [5.74, 6) is 0.323. The summed E-state index contributed by atoms with van der Waals surface area (Å²) in [6.07, 6.45) is 1.03. The number of hydrogen-bond donors (Lipinski definition) is 1. The minimum absolute atomic E-state index is 0.187. The molecule has 0 heterocycles. The van der Waals surface area contributed by atoms with E-state index in [0.29, 0.717) is 24.4 Å². The molecule has 0 bridgehead atoms. The van der Waals surface area contributed by atoms with Crippen LogP contribution in [-0.4, -0.2) is 46.8 Å². The van der Waals surface area contributed by atoms with Crippen molar-refractivity contribution < 1.29 is 17.9 Å². The van der Waals surface area contributed by atoms with E-state index in [0.717, 1.165) is 24.9 Å². The van der Waals surface area contributed by atoms with Crippen LogP contribution in [0.4, 0.5) is 11.4 Å². The Bertz CT molecular complexity index is 940. The lowest BCUT2D eigenvalue weighted by Crippen LogP contribution is -2.37. The maximum absolute atomic E-state index is 12.6. The number of rotatable bonds is 11. The van der Waals surface area contributed by atoms with Gasteiger partial charge in [-0.3, -0.25) is 9.10 Å². The Kier molecular flexibility index (Phi) is 8.74. The first-order chi connectivity index (χ1) is 14.7. The molecule has 1 atom stereocenters. The zero-order valence-corrected chi connectivity index (χ0v) is 19.8. The van der Waals surface area contributed by atoms with Gasteiger partial charge in [0.25, 0.3) is 5.91 Å². The Morgan fingerprint density at radius 2 is 1.52 bits per heavy atom. The lowest BCUT2D eigenvalue weighted by atomic mass is 10.2. The number of carbonyl (C=O) groups excluding carboxylic acids is 1. The summed E-state index contributed by atoms with van der Waals surface area (Å²) >= 11 is 0. The van der Waals surface area contributed by atoms with Crippen molar-refractivity contribution >= 4 is 27.3 Å². The van der Waals surface area contributed by atoms with Gasteiger partial charge in [0.2, 0.25) is 10.0 Å². The number of anilines is 2. The molecule has 0 fully saturated rings. The molecule has 0 aliphatic rings. The van der Waals surface area contributed by atoms with E-state index in [4.69, 9.17) is 4.74 Å². The number of nitrogens with one attached hydrogen (secondary N) is 1. The van der Waals surface area contributed by atoms with Crippen molar-refractivity contribution in [2.24, 2.45) is 0 Å². The van der Waals surface area contributed by atoms with Gasteiger partial charge in [0.05, 0.1) is 11.9 Å². The lowest BCUT2D eigenvalue weighted by molar-refractivity contribution is -0.128. The van der Waals surface area contributed by atoms with Gasteiger partial charge >= 0.3 is 0 Å². The van der Waals surface area contributed by atoms with Crippen LogP contribution in [0, 0.1) is 0 Å². The molecule has 0 saturated heterocycles. The molecule has 1 unspecified atom stereocenters. The molecule has 2 aromatic carbocycles. The SMILES string of the molecule is CCC(Oc1ccc(N(C)S(C)(=O)=O)cc1)C(=O)NCc1ccc(N(CC)CC)cc1. The minimum Gasteiger partial charge on any atom is -0.481 e. The third-order valence-corrected chi connectivity index (χ3v) is 6.38. The average molecular weight is 448 g/mol. The van der Waals surface area contributed by atoms with Crippen LogP contribution in [0.3, 0.4) is 0 Å². The van der Waals surface area contributed by atoms with Gasteiger partial charge in [-0.05, 0) is 62.2 Å². The molecule has 1 N–H and O–H groups in total. The summed E-state index contributed by atoms with van der Waals surface area (Å²) in [7, 11) is -1.84. The molecule has 1 amide bonds. The van der Waals surface area contributed by atoms with Gasteiger partial charge in [-0.2, -0.15) is 0 Å². The van der Waals surface area contributed by atoms with Crippen molar-refractivity contribution in [1.82, 2.24) is 5.32 Å². The van der Waals surface area contributed by atoms with Crippen molar-refractivity contribution in [3.05, 3.63) is 54.1 Å². The van der Waals surface area contributed by atoms with Gasteiger partial charge in [0.1, 0.15) is 5.75 Å². The summed E-state index contributed by atoms with van der Waals surface area (Å²) in [6.45, 7) is 8.46. The van der Waals surface area contributed by atoms with Gasteiger partial charge in [-0.15, -0.1) is 0 Å².